The average molecular weight is 327 g/mol. The molecule has 1 aromatic carbocycles. The second-order valence-electron chi connectivity index (χ2n) is 5.77. The van der Waals surface area contributed by atoms with Gasteiger partial charge in [0.05, 0.1) is 5.69 Å². The van der Waals surface area contributed by atoms with Crippen LogP contribution >= 0.6 is 0 Å². The first-order valence-electron chi connectivity index (χ1n) is 8.01. The molecule has 7 nitrogen and oxygen atoms in total. The number of hydrogen-bond acceptors (Lipinski definition) is 3. The van der Waals surface area contributed by atoms with Crippen LogP contribution in [0.15, 0.2) is 42.7 Å². The Bertz CT molecular complexity index is 688. The zero-order valence-corrected chi connectivity index (χ0v) is 13.7. The minimum Gasteiger partial charge on any atom is -0.339 e. The number of carbonyl (C=O) groups excluding carboxylic acids is 2. The molecule has 2 aromatic rings. The van der Waals surface area contributed by atoms with Crippen LogP contribution in [-0.2, 0) is 11.3 Å². The second kappa shape index (κ2) is 7.16. The van der Waals surface area contributed by atoms with Gasteiger partial charge < -0.3 is 15.1 Å². The van der Waals surface area contributed by atoms with Crippen LogP contribution in [0, 0.1) is 0 Å². The minimum absolute atomic E-state index is 0.0623. The topological polar surface area (TPSA) is 70.5 Å². The number of urea groups is 1. The molecule has 0 saturated carbocycles. The molecule has 1 saturated heterocycles. The molecule has 0 bridgehead atoms. The standard InChI is InChI=1S/C17H21N5O2/c1-14(23)20-9-11-21(12-10-20)17(24)18-13-15-3-5-16(6-4-15)22-8-2-7-19-22/h2-8H,9-13H2,1H3,(H,18,24). The second-order valence-corrected chi connectivity index (χ2v) is 5.77. The molecule has 0 radical (unpaired) electrons. The zero-order valence-electron chi connectivity index (χ0n) is 13.7. The fourth-order valence-corrected chi connectivity index (χ4v) is 2.70. The normalized spacial score (nSPS) is 14.5. The highest BCUT2D eigenvalue weighted by Crippen LogP contribution is 2.09. The van der Waals surface area contributed by atoms with E-state index in [2.05, 4.69) is 10.4 Å². The fraction of sp³-hybridized carbons (Fsp3) is 0.353. The van der Waals surface area contributed by atoms with Crippen LogP contribution < -0.4 is 5.32 Å². The maximum Gasteiger partial charge on any atom is 0.317 e. The maximum absolute atomic E-state index is 12.2. The summed E-state index contributed by atoms with van der Waals surface area (Å²) < 4.78 is 1.79. The molecule has 1 fully saturated rings. The van der Waals surface area contributed by atoms with E-state index < -0.39 is 0 Å². The molecule has 1 aliphatic heterocycles. The molecule has 0 unspecified atom stereocenters. The van der Waals surface area contributed by atoms with Gasteiger partial charge in [-0.1, -0.05) is 12.1 Å². The SMILES string of the molecule is CC(=O)N1CCN(C(=O)NCc2ccc(-n3cccn3)cc2)CC1. The van der Waals surface area contributed by atoms with Gasteiger partial charge in [-0.3, -0.25) is 4.79 Å². The van der Waals surface area contributed by atoms with E-state index in [9.17, 15) is 9.59 Å². The van der Waals surface area contributed by atoms with E-state index in [1.165, 1.54) is 0 Å². The lowest BCUT2D eigenvalue weighted by molar-refractivity contribution is -0.130. The summed E-state index contributed by atoms with van der Waals surface area (Å²) in [5, 5.41) is 7.11. The Kier molecular flexibility index (Phi) is 4.79. The van der Waals surface area contributed by atoms with Crippen molar-refractivity contribution in [2.24, 2.45) is 0 Å². The van der Waals surface area contributed by atoms with Gasteiger partial charge in [-0.15, -0.1) is 0 Å². The molecular weight excluding hydrogens is 306 g/mol. The monoisotopic (exact) mass is 327 g/mol. The predicted molar refractivity (Wildman–Crippen MR) is 89.6 cm³/mol. The number of hydrogen-bond donors (Lipinski definition) is 1. The number of nitrogens with one attached hydrogen (secondary N) is 1. The van der Waals surface area contributed by atoms with Gasteiger partial charge in [0.1, 0.15) is 0 Å². The number of aromatic nitrogens is 2. The first-order chi connectivity index (χ1) is 11.6. The van der Waals surface area contributed by atoms with Crippen molar-refractivity contribution in [3.63, 3.8) is 0 Å². The van der Waals surface area contributed by atoms with Crippen LogP contribution in [0.3, 0.4) is 0 Å². The Morgan fingerprint density at radius 2 is 1.75 bits per heavy atom. The van der Waals surface area contributed by atoms with Gasteiger partial charge in [-0.2, -0.15) is 5.10 Å². The van der Waals surface area contributed by atoms with Gasteiger partial charge in [-0.05, 0) is 23.8 Å². The van der Waals surface area contributed by atoms with Gasteiger partial charge >= 0.3 is 6.03 Å². The van der Waals surface area contributed by atoms with Crippen LogP contribution in [-0.4, -0.2) is 57.7 Å². The molecular formula is C17H21N5O2. The molecule has 1 aliphatic rings. The van der Waals surface area contributed by atoms with Crippen LogP contribution in [0.2, 0.25) is 0 Å². The third kappa shape index (κ3) is 3.73. The number of amides is 3. The van der Waals surface area contributed by atoms with Gasteiger partial charge in [0.25, 0.3) is 0 Å². The Hall–Kier alpha value is -2.83. The number of nitrogens with zero attached hydrogens (tertiary/aromatic N) is 4. The van der Waals surface area contributed by atoms with Crippen molar-refractivity contribution in [3.05, 3.63) is 48.3 Å². The van der Waals surface area contributed by atoms with Crippen molar-refractivity contribution < 1.29 is 9.59 Å². The largest absolute Gasteiger partial charge is 0.339 e. The molecule has 2 heterocycles. The Morgan fingerprint density at radius 1 is 1.08 bits per heavy atom. The Morgan fingerprint density at radius 3 is 2.33 bits per heavy atom. The van der Waals surface area contributed by atoms with Crippen molar-refractivity contribution in [2.45, 2.75) is 13.5 Å². The molecule has 7 heteroatoms. The molecule has 3 amide bonds. The Balaban J connectivity index is 1.49. The molecule has 24 heavy (non-hydrogen) atoms. The van der Waals surface area contributed by atoms with Crippen molar-refractivity contribution >= 4 is 11.9 Å². The summed E-state index contributed by atoms with van der Waals surface area (Å²) in [6.07, 6.45) is 3.62. The summed E-state index contributed by atoms with van der Waals surface area (Å²) >= 11 is 0. The van der Waals surface area contributed by atoms with E-state index in [0.29, 0.717) is 32.7 Å². The van der Waals surface area contributed by atoms with E-state index >= 15 is 0 Å². The van der Waals surface area contributed by atoms with E-state index in [1.807, 2.05) is 36.5 Å². The van der Waals surface area contributed by atoms with Gasteiger partial charge in [0.15, 0.2) is 0 Å². The lowest BCUT2D eigenvalue weighted by Gasteiger charge is -2.34. The minimum atomic E-state index is -0.0886. The quantitative estimate of drug-likeness (QED) is 0.922. The van der Waals surface area contributed by atoms with Gasteiger partial charge in [0, 0.05) is 52.0 Å². The van der Waals surface area contributed by atoms with Crippen LogP contribution in [0.4, 0.5) is 4.79 Å². The average Bonchev–Trinajstić information content (AvgIpc) is 3.15. The number of rotatable bonds is 3. The summed E-state index contributed by atoms with van der Waals surface area (Å²) in [6, 6.07) is 9.69. The maximum atomic E-state index is 12.2. The Labute approximate surface area is 140 Å². The van der Waals surface area contributed by atoms with Gasteiger partial charge in [0.2, 0.25) is 5.91 Å². The molecule has 0 aliphatic carbocycles. The van der Waals surface area contributed by atoms with E-state index in [1.54, 1.807) is 27.6 Å². The summed E-state index contributed by atoms with van der Waals surface area (Å²) in [5.74, 6) is 0.0623. The van der Waals surface area contributed by atoms with Crippen LogP contribution in [0.5, 0.6) is 0 Å². The lowest BCUT2D eigenvalue weighted by Crippen LogP contribution is -2.52. The number of carbonyl (C=O) groups is 2. The molecule has 0 atom stereocenters. The zero-order chi connectivity index (χ0) is 16.9. The highest BCUT2D eigenvalue weighted by Gasteiger charge is 2.21. The number of benzene rings is 1. The first-order valence-corrected chi connectivity index (χ1v) is 8.01. The molecule has 0 spiro atoms. The molecule has 126 valence electrons. The van der Waals surface area contributed by atoms with Gasteiger partial charge in [-0.25, -0.2) is 9.48 Å². The van der Waals surface area contributed by atoms with Crippen molar-refractivity contribution in [1.82, 2.24) is 24.9 Å². The summed E-state index contributed by atoms with van der Waals surface area (Å²) in [6.45, 7) is 4.38. The summed E-state index contributed by atoms with van der Waals surface area (Å²) in [7, 11) is 0. The first kappa shape index (κ1) is 16.0. The van der Waals surface area contributed by atoms with Crippen molar-refractivity contribution in [2.75, 3.05) is 26.2 Å². The molecule has 1 aromatic heterocycles. The summed E-state index contributed by atoms with van der Waals surface area (Å²) in [4.78, 5) is 27.0. The smallest absolute Gasteiger partial charge is 0.317 e. The summed E-state index contributed by atoms with van der Waals surface area (Å²) in [5.41, 5.74) is 2.01. The number of piperazine rings is 1. The molecule has 3 rings (SSSR count). The van der Waals surface area contributed by atoms with E-state index in [0.717, 1.165) is 11.3 Å². The van der Waals surface area contributed by atoms with E-state index in [4.69, 9.17) is 0 Å². The highest BCUT2D eigenvalue weighted by molar-refractivity contribution is 5.76. The third-order valence-electron chi connectivity index (χ3n) is 4.16. The van der Waals surface area contributed by atoms with Crippen LogP contribution in [0.1, 0.15) is 12.5 Å². The highest BCUT2D eigenvalue weighted by atomic mass is 16.2. The van der Waals surface area contributed by atoms with Crippen molar-refractivity contribution in [3.8, 4) is 5.69 Å². The van der Waals surface area contributed by atoms with Crippen molar-refractivity contribution in [1.29, 1.82) is 0 Å². The van der Waals surface area contributed by atoms with E-state index in [-0.39, 0.29) is 11.9 Å². The molecule has 1 N–H and O–H groups in total. The lowest BCUT2D eigenvalue weighted by atomic mass is 10.2. The fourth-order valence-electron chi connectivity index (χ4n) is 2.70. The third-order valence-corrected chi connectivity index (χ3v) is 4.16. The predicted octanol–water partition coefficient (Wildman–Crippen LogP) is 1.25. The van der Waals surface area contributed by atoms with Crippen LogP contribution in [0.25, 0.3) is 5.69 Å².